The molecule has 3 aromatic rings. The molecule has 1 aromatic heterocycles. The average molecular weight is 369 g/mol. The van der Waals surface area contributed by atoms with Gasteiger partial charge in [-0.1, -0.05) is 48.5 Å². The molecule has 1 saturated heterocycles. The number of fused-ring (bicyclic) bond motifs is 1. The highest BCUT2D eigenvalue weighted by Crippen LogP contribution is 2.29. The fraction of sp³-hybridized carbons (Fsp3) is 0.250. The van der Waals surface area contributed by atoms with Gasteiger partial charge in [-0.2, -0.15) is 0 Å². The lowest BCUT2D eigenvalue weighted by Crippen LogP contribution is -2.35. The molecule has 2 aromatic carbocycles. The molecular formula is C20H19NO4S. The summed E-state index contributed by atoms with van der Waals surface area (Å²) in [7, 11) is -3.11. The zero-order chi connectivity index (χ0) is 18.1. The number of hydrogen-bond donors (Lipinski definition) is 1. The lowest BCUT2D eigenvalue weighted by Gasteiger charge is -2.19. The van der Waals surface area contributed by atoms with Gasteiger partial charge in [-0.3, -0.25) is 4.79 Å². The molecule has 0 aliphatic carbocycles. The molecule has 1 aliphatic rings. The molecule has 6 heteroatoms. The summed E-state index contributed by atoms with van der Waals surface area (Å²) < 4.78 is 29.3. The van der Waals surface area contributed by atoms with E-state index in [4.69, 9.17) is 4.42 Å². The molecule has 1 fully saturated rings. The van der Waals surface area contributed by atoms with Crippen molar-refractivity contribution in [3.63, 3.8) is 0 Å². The minimum atomic E-state index is -3.11. The number of nitrogens with one attached hydrogen (secondary N) is 1. The highest BCUT2D eigenvalue weighted by Gasteiger charge is 2.34. The second-order valence-electron chi connectivity index (χ2n) is 6.64. The Morgan fingerprint density at radius 1 is 1.08 bits per heavy atom. The predicted molar refractivity (Wildman–Crippen MR) is 99.4 cm³/mol. The van der Waals surface area contributed by atoms with Crippen molar-refractivity contribution in [3.8, 4) is 0 Å². The van der Waals surface area contributed by atoms with Gasteiger partial charge in [0.25, 0.3) is 0 Å². The lowest BCUT2D eigenvalue weighted by molar-refractivity contribution is -0.124. The van der Waals surface area contributed by atoms with Gasteiger partial charge >= 0.3 is 0 Å². The number of carbonyl (C=O) groups is 1. The summed E-state index contributed by atoms with van der Waals surface area (Å²) in [5.41, 5.74) is 1.64. The Kier molecular flexibility index (Phi) is 4.28. The van der Waals surface area contributed by atoms with Crippen LogP contribution in [0, 0.1) is 5.92 Å². The van der Waals surface area contributed by atoms with Gasteiger partial charge in [0.05, 0.1) is 17.4 Å². The lowest BCUT2D eigenvalue weighted by atomic mass is 10.0. The number of para-hydroxylation sites is 1. The van der Waals surface area contributed by atoms with Crippen LogP contribution in [-0.2, 0) is 14.6 Å². The molecule has 5 nitrogen and oxygen atoms in total. The standard InChI is InChI=1S/C20H19NO4S/c22-20(16-10-11-26(23,24)13-16)21-19(14-6-2-1-3-7-14)18-12-15-8-4-5-9-17(15)25-18/h1-9,12,16,19H,10-11,13H2,(H,21,22). The monoisotopic (exact) mass is 369 g/mol. The van der Waals surface area contributed by atoms with Crippen LogP contribution in [0.3, 0.4) is 0 Å². The normalized spacial score (nSPS) is 20.1. The first-order valence-corrected chi connectivity index (χ1v) is 10.4. The van der Waals surface area contributed by atoms with E-state index in [1.54, 1.807) is 0 Å². The maximum atomic E-state index is 12.7. The molecule has 1 N–H and O–H groups in total. The highest BCUT2D eigenvalue weighted by atomic mass is 32.2. The van der Waals surface area contributed by atoms with Crippen LogP contribution in [0.25, 0.3) is 11.0 Å². The Balaban J connectivity index is 1.66. The van der Waals surface area contributed by atoms with Crippen molar-refractivity contribution in [2.45, 2.75) is 12.5 Å². The van der Waals surface area contributed by atoms with Gasteiger partial charge in [-0.05, 0) is 24.1 Å². The van der Waals surface area contributed by atoms with E-state index < -0.39 is 21.8 Å². The average Bonchev–Trinajstić information content (AvgIpc) is 3.23. The van der Waals surface area contributed by atoms with Gasteiger partial charge < -0.3 is 9.73 Å². The Morgan fingerprint density at radius 3 is 2.50 bits per heavy atom. The van der Waals surface area contributed by atoms with E-state index in [9.17, 15) is 13.2 Å². The van der Waals surface area contributed by atoms with Crippen LogP contribution in [0.1, 0.15) is 23.8 Å². The molecule has 1 amide bonds. The molecule has 2 unspecified atom stereocenters. The van der Waals surface area contributed by atoms with E-state index in [0.717, 1.165) is 16.5 Å². The first kappa shape index (κ1) is 16.8. The van der Waals surface area contributed by atoms with Crippen LogP contribution in [0.4, 0.5) is 0 Å². The Hall–Kier alpha value is -2.60. The van der Waals surface area contributed by atoms with Crippen molar-refractivity contribution in [2.24, 2.45) is 5.92 Å². The number of furan rings is 1. The molecule has 134 valence electrons. The third-order valence-electron chi connectivity index (χ3n) is 4.75. The van der Waals surface area contributed by atoms with Gasteiger partial charge in [0.1, 0.15) is 17.4 Å². The first-order valence-electron chi connectivity index (χ1n) is 8.56. The first-order chi connectivity index (χ1) is 12.5. The second kappa shape index (κ2) is 6.61. The minimum absolute atomic E-state index is 0.0751. The molecule has 0 radical (unpaired) electrons. The number of sulfone groups is 1. The molecule has 0 spiro atoms. The van der Waals surface area contributed by atoms with E-state index in [0.29, 0.717) is 12.2 Å². The van der Waals surface area contributed by atoms with Crippen molar-refractivity contribution < 1.29 is 17.6 Å². The molecule has 26 heavy (non-hydrogen) atoms. The predicted octanol–water partition coefficient (Wildman–Crippen LogP) is 3.07. The summed E-state index contributed by atoms with van der Waals surface area (Å²) in [6.07, 6.45) is 0.371. The number of rotatable bonds is 4. The number of benzene rings is 2. The van der Waals surface area contributed by atoms with Crippen LogP contribution in [0.5, 0.6) is 0 Å². The molecule has 0 saturated carbocycles. The summed E-state index contributed by atoms with van der Waals surface area (Å²) >= 11 is 0. The van der Waals surface area contributed by atoms with E-state index in [-0.39, 0.29) is 17.4 Å². The van der Waals surface area contributed by atoms with Crippen LogP contribution in [-0.4, -0.2) is 25.8 Å². The maximum absolute atomic E-state index is 12.7. The molecule has 0 bridgehead atoms. The topological polar surface area (TPSA) is 76.4 Å². The molecule has 1 aliphatic heterocycles. The third-order valence-corrected chi connectivity index (χ3v) is 6.52. The number of amides is 1. The summed E-state index contributed by atoms with van der Waals surface area (Å²) in [5.74, 6) is -0.130. The summed E-state index contributed by atoms with van der Waals surface area (Å²) in [6.45, 7) is 0. The van der Waals surface area contributed by atoms with Crippen LogP contribution < -0.4 is 5.32 Å². The minimum Gasteiger partial charge on any atom is -0.459 e. The van der Waals surface area contributed by atoms with Crippen LogP contribution in [0.2, 0.25) is 0 Å². The zero-order valence-electron chi connectivity index (χ0n) is 14.1. The third kappa shape index (κ3) is 3.37. The molecule has 2 atom stereocenters. The van der Waals surface area contributed by atoms with E-state index in [1.807, 2.05) is 60.7 Å². The van der Waals surface area contributed by atoms with Gasteiger partial charge in [-0.25, -0.2) is 8.42 Å². The second-order valence-corrected chi connectivity index (χ2v) is 8.87. The maximum Gasteiger partial charge on any atom is 0.225 e. The summed E-state index contributed by atoms with van der Waals surface area (Å²) in [4.78, 5) is 12.7. The largest absolute Gasteiger partial charge is 0.459 e. The van der Waals surface area contributed by atoms with Crippen molar-refractivity contribution in [3.05, 3.63) is 72.0 Å². The summed E-state index contributed by atoms with van der Waals surface area (Å²) in [5, 5.41) is 3.95. The molecular weight excluding hydrogens is 350 g/mol. The zero-order valence-corrected chi connectivity index (χ0v) is 14.9. The van der Waals surface area contributed by atoms with E-state index in [2.05, 4.69) is 5.32 Å². The molecule has 2 heterocycles. The van der Waals surface area contributed by atoms with Crippen molar-refractivity contribution in [1.29, 1.82) is 0 Å². The number of carbonyl (C=O) groups excluding carboxylic acids is 1. The highest BCUT2D eigenvalue weighted by molar-refractivity contribution is 7.91. The smallest absolute Gasteiger partial charge is 0.225 e. The molecule has 4 rings (SSSR count). The van der Waals surface area contributed by atoms with E-state index in [1.165, 1.54) is 0 Å². The van der Waals surface area contributed by atoms with Gasteiger partial charge in [0.2, 0.25) is 5.91 Å². The van der Waals surface area contributed by atoms with Crippen LogP contribution in [0.15, 0.2) is 65.1 Å². The van der Waals surface area contributed by atoms with Crippen molar-refractivity contribution in [2.75, 3.05) is 11.5 Å². The fourth-order valence-corrected chi connectivity index (χ4v) is 5.11. The van der Waals surface area contributed by atoms with Crippen molar-refractivity contribution >= 4 is 26.7 Å². The SMILES string of the molecule is O=C(NC(c1ccccc1)c1cc2ccccc2o1)C1CCS(=O)(=O)C1. The van der Waals surface area contributed by atoms with Crippen LogP contribution >= 0.6 is 0 Å². The van der Waals surface area contributed by atoms with Gasteiger partial charge in [0.15, 0.2) is 9.84 Å². The summed E-state index contributed by atoms with van der Waals surface area (Å²) in [6, 6.07) is 18.7. The Bertz CT molecular complexity index is 1010. The van der Waals surface area contributed by atoms with Gasteiger partial charge in [0, 0.05) is 5.39 Å². The van der Waals surface area contributed by atoms with Gasteiger partial charge in [-0.15, -0.1) is 0 Å². The van der Waals surface area contributed by atoms with Crippen molar-refractivity contribution in [1.82, 2.24) is 5.32 Å². The fourth-order valence-electron chi connectivity index (χ4n) is 3.37. The Labute approximate surface area is 151 Å². The van der Waals surface area contributed by atoms with E-state index >= 15 is 0 Å². The number of hydrogen-bond acceptors (Lipinski definition) is 4. The quantitative estimate of drug-likeness (QED) is 0.767. The Morgan fingerprint density at radius 2 is 1.81 bits per heavy atom.